The van der Waals surface area contributed by atoms with Crippen LogP contribution < -0.4 is 10.1 Å². The molecule has 2 N–H and O–H groups in total. The molecule has 0 heterocycles. The lowest BCUT2D eigenvalue weighted by Gasteiger charge is -2.25. The van der Waals surface area contributed by atoms with Crippen LogP contribution in [0.15, 0.2) is 6.07 Å². The average molecular weight is 309 g/mol. The first-order chi connectivity index (χ1) is 9.73. The van der Waals surface area contributed by atoms with Gasteiger partial charge in [-0.1, -0.05) is 6.92 Å². The summed E-state index contributed by atoms with van der Waals surface area (Å²) in [7, 11) is 0. The highest BCUT2D eigenvalue weighted by atomic mass is 19.2. The molecule has 0 aliphatic heterocycles. The van der Waals surface area contributed by atoms with Crippen LogP contribution in [-0.2, 0) is 4.79 Å². The number of ether oxygens (including phenoxy) is 1. The number of aliphatic carboxylic acids is 1. The molecule has 1 rings (SSSR count). The van der Waals surface area contributed by atoms with Gasteiger partial charge in [-0.3, -0.25) is 4.79 Å². The van der Waals surface area contributed by atoms with E-state index in [1.807, 2.05) is 0 Å². The summed E-state index contributed by atoms with van der Waals surface area (Å²) in [6.45, 7) is 2.96. The summed E-state index contributed by atoms with van der Waals surface area (Å²) in [5.41, 5.74) is -1.38. The van der Waals surface area contributed by atoms with Crippen molar-refractivity contribution in [1.82, 2.24) is 5.32 Å². The molecule has 0 saturated heterocycles. The molecular weight excluding hydrogens is 294 g/mol. The summed E-state index contributed by atoms with van der Waals surface area (Å²) in [6.07, 6.45) is -0.160. The SMILES string of the molecule is CCNC(C)(CCOc1c(F)c(F)cc(F)c1F)C(=O)O. The summed E-state index contributed by atoms with van der Waals surface area (Å²) in [5.74, 6) is -8.87. The van der Waals surface area contributed by atoms with Gasteiger partial charge in [-0.2, -0.15) is 8.78 Å². The van der Waals surface area contributed by atoms with Crippen LogP contribution in [0.1, 0.15) is 20.3 Å². The fourth-order valence-electron chi connectivity index (χ4n) is 1.70. The highest BCUT2D eigenvalue weighted by Gasteiger charge is 2.32. The third-order valence-corrected chi connectivity index (χ3v) is 2.96. The zero-order chi connectivity index (χ0) is 16.2. The number of rotatable bonds is 7. The highest BCUT2D eigenvalue weighted by Crippen LogP contribution is 2.27. The second-order valence-corrected chi connectivity index (χ2v) is 4.56. The van der Waals surface area contributed by atoms with Gasteiger partial charge in [0.25, 0.3) is 0 Å². The molecule has 118 valence electrons. The minimum atomic E-state index is -1.66. The van der Waals surface area contributed by atoms with E-state index >= 15 is 0 Å². The Hall–Kier alpha value is -1.83. The van der Waals surface area contributed by atoms with Gasteiger partial charge in [0.05, 0.1) is 6.61 Å². The van der Waals surface area contributed by atoms with Crippen molar-refractivity contribution in [2.24, 2.45) is 0 Å². The maximum absolute atomic E-state index is 13.3. The number of hydrogen-bond acceptors (Lipinski definition) is 3. The summed E-state index contributed by atoms with van der Waals surface area (Å²) in [6, 6.07) is 0.0670. The van der Waals surface area contributed by atoms with E-state index in [0.717, 1.165) is 0 Å². The molecule has 0 aliphatic rings. The molecule has 0 amide bonds. The lowest BCUT2D eigenvalue weighted by Crippen LogP contribution is -2.50. The van der Waals surface area contributed by atoms with Crippen molar-refractivity contribution in [2.45, 2.75) is 25.8 Å². The molecule has 1 atom stereocenters. The maximum Gasteiger partial charge on any atom is 0.323 e. The van der Waals surface area contributed by atoms with Crippen LogP contribution in [0.25, 0.3) is 0 Å². The fraction of sp³-hybridized carbons (Fsp3) is 0.462. The zero-order valence-electron chi connectivity index (χ0n) is 11.5. The molecule has 0 aromatic heterocycles. The van der Waals surface area contributed by atoms with Gasteiger partial charge in [0, 0.05) is 12.5 Å². The third kappa shape index (κ3) is 3.84. The van der Waals surface area contributed by atoms with Crippen LogP contribution in [0.2, 0.25) is 0 Å². The van der Waals surface area contributed by atoms with E-state index in [1.54, 1.807) is 6.92 Å². The first-order valence-corrected chi connectivity index (χ1v) is 6.17. The van der Waals surface area contributed by atoms with Crippen molar-refractivity contribution in [1.29, 1.82) is 0 Å². The molecule has 1 aromatic rings. The maximum atomic E-state index is 13.3. The van der Waals surface area contributed by atoms with Crippen molar-refractivity contribution in [3.05, 3.63) is 29.3 Å². The lowest BCUT2D eigenvalue weighted by molar-refractivity contribution is -0.144. The first kappa shape index (κ1) is 17.2. The van der Waals surface area contributed by atoms with E-state index in [-0.39, 0.29) is 12.5 Å². The molecule has 0 bridgehead atoms. The Balaban J connectivity index is 2.83. The van der Waals surface area contributed by atoms with Gasteiger partial charge in [0.15, 0.2) is 17.4 Å². The predicted octanol–water partition coefficient (Wildman–Crippen LogP) is 2.46. The summed E-state index contributed by atoms with van der Waals surface area (Å²) < 4.78 is 57.3. The van der Waals surface area contributed by atoms with Gasteiger partial charge in [-0.15, -0.1) is 0 Å². The molecule has 0 saturated carbocycles. The monoisotopic (exact) mass is 309 g/mol. The normalized spacial score (nSPS) is 13.8. The number of nitrogens with one attached hydrogen (secondary N) is 1. The largest absolute Gasteiger partial charge is 0.487 e. The number of carboxylic acids is 1. The zero-order valence-corrected chi connectivity index (χ0v) is 11.5. The molecule has 0 aliphatic carbocycles. The quantitative estimate of drug-likeness (QED) is 0.600. The smallest absolute Gasteiger partial charge is 0.323 e. The van der Waals surface area contributed by atoms with Gasteiger partial charge in [0.1, 0.15) is 5.54 Å². The van der Waals surface area contributed by atoms with E-state index in [1.165, 1.54) is 6.92 Å². The van der Waals surface area contributed by atoms with Crippen LogP contribution in [-0.4, -0.2) is 29.8 Å². The number of halogens is 4. The van der Waals surface area contributed by atoms with E-state index in [0.29, 0.717) is 6.54 Å². The summed E-state index contributed by atoms with van der Waals surface area (Å²) in [4.78, 5) is 11.1. The first-order valence-electron chi connectivity index (χ1n) is 6.17. The van der Waals surface area contributed by atoms with Crippen molar-refractivity contribution < 1.29 is 32.2 Å². The number of carboxylic acid groups (broad SMARTS) is 1. The number of hydrogen-bond donors (Lipinski definition) is 2. The Labute approximate surface area is 118 Å². The molecule has 1 unspecified atom stereocenters. The molecule has 21 heavy (non-hydrogen) atoms. The summed E-state index contributed by atoms with van der Waals surface area (Å²) in [5, 5.41) is 11.8. The van der Waals surface area contributed by atoms with E-state index in [9.17, 15) is 22.4 Å². The third-order valence-electron chi connectivity index (χ3n) is 2.96. The molecule has 1 aromatic carbocycles. The van der Waals surface area contributed by atoms with E-state index < -0.39 is 47.1 Å². The Bertz CT molecular complexity index is 512. The Morgan fingerprint density at radius 1 is 1.29 bits per heavy atom. The molecule has 4 nitrogen and oxygen atoms in total. The number of benzene rings is 1. The summed E-state index contributed by atoms with van der Waals surface area (Å²) >= 11 is 0. The predicted molar refractivity (Wildman–Crippen MR) is 66.1 cm³/mol. The molecular formula is C13H15F4NO3. The minimum Gasteiger partial charge on any atom is -0.487 e. The van der Waals surface area contributed by atoms with Crippen molar-refractivity contribution in [3.8, 4) is 5.75 Å². The van der Waals surface area contributed by atoms with E-state index in [2.05, 4.69) is 10.1 Å². The second kappa shape index (κ2) is 6.75. The lowest BCUT2D eigenvalue weighted by atomic mass is 9.98. The number of likely N-dealkylation sites (N-methyl/N-ethyl adjacent to an activating group) is 1. The Morgan fingerprint density at radius 3 is 2.24 bits per heavy atom. The van der Waals surface area contributed by atoms with Crippen LogP contribution in [0.4, 0.5) is 17.6 Å². The minimum absolute atomic E-state index is 0.0670. The average Bonchev–Trinajstić information content (AvgIpc) is 2.40. The highest BCUT2D eigenvalue weighted by molar-refractivity contribution is 5.78. The van der Waals surface area contributed by atoms with Gasteiger partial charge < -0.3 is 15.2 Å². The molecule has 0 radical (unpaired) electrons. The van der Waals surface area contributed by atoms with Gasteiger partial charge >= 0.3 is 5.97 Å². The van der Waals surface area contributed by atoms with Crippen LogP contribution in [0.3, 0.4) is 0 Å². The van der Waals surface area contributed by atoms with Crippen molar-refractivity contribution in [3.63, 3.8) is 0 Å². The van der Waals surface area contributed by atoms with Gasteiger partial charge in [-0.25, -0.2) is 8.78 Å². The Morgan fingerprint density at radius 2 is 1.81 bits per heavy atom. The van der Waals surface area contributed by atoms with E-state index in [4.69, 9.17) is 5.11 Å². The second-order valence-electron chi connectivity index (χ2n) is 4.56. The molecule has 8 heteroatoms. The topological polar surface area (TPSA) is 58.6 Å². The van der Waals surface area contributed by atoms with Crippen LogP contribution in [0.5, 0.6) is 5.75 Å². The molecule has 0 fully saturated rings. The van der Waals surface area contributed by atoms with Gasteiger partial charge in [-0.05, 0) is 13.5 Å². The van der Waals surface area contributed by atoms with Crippen molar-refractivity contribution in [2.75, 3.05) is 13.2 Å². The van der Waals surface area contributed by atoms with Crippen LogP contribution in [0, 0.1) is 23.3 Å². The van der Waals surface area contributed by atoms with Crippen molar-refractivity contribution >= 4 is 5.97 Å². The standard InChI is InChI=1S/C13H15F4NO3/c1-3-18-13(2,12(19)20)4-5-21-11-9(16)7(14)6-8(15)10(11)17/h6,18H,3-5H2,1-2H3,(H,19,20). The molecule has 0 spiro atoms. The Kier molecular flexibility index (Phi) is 5.54. The fourth-order valence-corrected chi connectivity index (χ4v) is 1.70. The van der Waals surface area contributed by atoms with Gasteiger partial charge in [0.2, 0.25) is 11.6 Å². The number of carbonyl (C=O) groups is 1. The van der Waals surface area contributed by atoms with Crippen LogP contribution >= 0.6 is 0 Å².